The molecule has 0 amide bonds. The fourth-order valence-electron chi connectivity index (χ4n) is 3.45. The third-order valence-corrected chi connectivity index (χ3v) is 4.50. The van der Waals surface area contributed by atoms with Gasteiger partial charge in [0.1, 0.15) is 0 Å². The van der Waals surface area contributed by atoms with Crippen molar-refractivity contribution in [2.24, 2.45) is 18.9 Å². The van der Waals surface area contributed by atoms with Gasteiger partial charge < -0.3 is 9.74 Å². The number of aryl methyl sites for hydroxylation is 1. The standard InChI is InChI=1S/C15H20N5.CH5NO.W/c1-12-11-19(2)10-9-15(12,13-7-5-4-6-8-13)14-16-17-18-20(14)3;1-3-2;/h4-8,12H,2,9-11H2,1,3H3;2H2,1H3;/q-1;;. The van der Waals surface area contributed by atoms with Gasteiger partial charge in [0.2, 0.25) is 0 Å². The molecule has 1 fully saturated rings. The Labute approximate surface area is 157 Å². The number of nitrogens with zero attached hydrogens (tertiary/aromatic N) is 5. The minimum Gasteiger partial charge on any atom is -0.459 e. The van der Waals surface area contributed by atoms with Crippen LogP contribution in [0.4, 0.5) is 0 Å². The zero-order valence-corrected chi connectivity index (χ0v) is 17.4. The Morgan fingerprint density at radius 1 is 1.33 bits per heavy atom. The third-order valence-electron chi connectivity index (χ3n) is 4.50. The first kappa shape index (κ1) is 20.9. The Kier molecular flexibility index (Phi) is 8.16. The van der Waals surface area contributed by atoms with Crippen molar-refractivity contribution in [3.8, 4) is 0 Å². The Balaban J connectivity index is 0.000000671. The Morgan fingerprint density at radius 2 is 1.96 bits per heavy atom. The van der Waals surface area contributed by atoms with E-state index in [2.05, 4.69) is 69.4 Å². The summed E-state index contributed by atoms with van der Waals surface area (Å²) >= 11 is 0. The number of hydrogen-bond donors (Lipinski definition) is 1. The van der Waals surface area contributed by atoms with Crippen LogP contribution in [0, 0.1) is 13.0 Å². The quantitative estimate of drug-likeness (QED) is 0.491. The first-order valence-electron chi connectivity index (χ1n) is 7.63. The summed E-state index contributed by atoms with van der Waals surface area (Å²) in [7, 11) is 7.41. The molecule has 0 aliphatic carbocycles. The minimum absolute atomic E-state index is 0. The molecule has 0 radical (unpaired) electrons. The Hall–Kier alpha value is -1.14. The van der Waals surface area contributed by atoms with E-state index in [0.29, 0.717) is 5.92 Å². The van der Waals surface area contributed by atoms with Crippen LogP contribution in [0.5, 0.6) is 0 Å². The van der Waals surface area contributed by atoms with E-state index in [1.54, 1.807) is 0 Å². The van der Waals surface area contributed by atoms with Crippen molar-refractivity contribution in [3.63, 3.8) is 0 Å². The zero-order chi connectivity index (χ0) is 16.9. The first-order chi connectivity index (χ1) is 11.1. The van der Waals surface area contributed by atoms with Gasteiger partial charge in [0.25, 0.3) is 0 Å². The van der Waals surface area contributed by atoms with E-state index in [1.807, 2.05) is 17.8 Å². The number of tetrazole rings is 1. The molecule has 0 spiro atoms. The van der Waals surface area contributed by atoms with Gasteiger partial charge in [-0.25, -0.2) is 10.6 Å². The summed E-state index contributed by atoms with van der Waals surface area (Å²) in [6.07, 6.45) is 0.982. The molecular formula is C16H25N6OW-. The van der Waals surface area contributed by atoms with E-state index in [0.717, 1.165) is 25.3 Å². The molecule has 24 heavy (non-hydrogen) atoms. The van der Waals surface area contributed by atoms with Gasteiger partial charge in [-0.15, -0.1) is 5.10 Å². The number of rotatable bonds is 2. The van der Waals surface area contributed by atoms with Crippen molar-refractivity contribution in [2.75, 3.05) is 20.2 Å². The average molecular weight is 501 g/mol. The van der Waals surface area contributed by atoms with E-state index in [1.165, 1.54) is 12.7 Å². The molecular weight excluding hydrogens is 476 g/mol. The molecule has 2 unspecified atom stereocenters. The number of nitrogens with two attached hydrogens (primary N) is 1. The molecule has 3 rings (SSSR count). The molecule has 1 aromatic heterocycles. The molecule has 0 saturated carbocycles. The minimum atomic E-state index is -0.131. The van der Waals surface area contributed by atoms with Crippen molar-refractivity contribution in [1.82, 2.24) is 25.1 Å². The molecule has 1 aliphatic rings. The molecule has 2 aromatic rings. The molecule has 132 valence electrons. The maximum absolute atomic E-state index is 4.35. The van der Waals surface area contributed by atoms with E-state index in [9.17, 15) is 0 Å². The van der Waals surface area contributed by atoms with Gasteiger partial charge in [-0.05, 0) is 41.4 Å². The molecule has 0 bridgehead atoms. The first-order valence-corrected chi connectivity index (χ1v) is 7.63. The predicted molar refractivity (Wildman–Crippen MR) is 87.9 cm³/mol. The van der Waals surface area contributed by atoms with Crippen molar-refractivity contribution < 1.29 is 25.9 Å². The van der Waals surface area contributed by atoms with Crippen LogP contribution in [0.25, 0.3) is 0 Å². The Bertz CT molecular complexity index is 608. The van der Waals surface area contributed by atoms with Crippen LogP contribution in [0.1, 0.15) is 24.7 Å². The largest absolute Gasteiger partial charge is 0.459 e. The van der Waals surface area contributed by atoms with Crippen LogP contribution < -0.4 is 5.90 Å². The second-order valence-corrected chi connectivity index (χ2v) is 5.93. The van der Waals surface area contributed by atoms with Crippen molar-refractivity contribution >= 4 is 0 Å². The van der Waals surface area contributed by atoms with Gasteiger partial charge in [0.05, 0.1) is 12.5 Å². The van der Waals surface area contributed by atoms with Crippen LogP contribution in [-0.2, 0) is 38.4 Å². The number of aromatic nitrogens is 4. The smallest absolute Gasteiger partial charge is 0.161 e. The van der Waals surface area contributed by atoms with Gasteiger partial charge >= 0.3 is 0 Å². The number of likely N-dealkylation sites (tertiary alicyclic amines) is 1. The molecule has 7 nitrogen and oxygen atoms in total. The van der Waals surface area contributed by atoms with Crippen LogP contribution in [0.2, 0.25) is 0 Å². The van der Waals surface area contributed by atoms with Crippen molar-refractivity contribution in [3.05, 3.63) is 48.8 Å². The molecule has 2 heterocycles. The van der Waals surface area contributed by atoms with Crippen LogP contribution in [0.15, 0.2) is 30.3 Å². The van der Waals surface area contributed by atoms with Gasteiger partial charge in [-0.2, -0.15) is 0 Å². The third kappa shape index (κ3) is 4.09. The average Bonchev–Trinajstić information content (AvgIpc) is 2.96. The van der Waals surface area contributed by atoms with Crippen LogP contribution in [0.3, 0.4) is 0 Å². The summed E-state index contributed by atoms with van der Waals surface area (Å²) in [4.78, 5) is 5.88. The normalized spacial score (nSPS) is 23.8. The van der Waals surface area contributed by atoms with Crippen LogP contribution >= 0.6 is 0 Å². The summed E-state index contributed by atoms with van der Waals surface area (Å²) in [6.45, 7) is 4.16. The topological polar surface area (TPSA) is 82.1 Å². The zero-order valence-electron chi connectivity index (χ0n) is 14.4. The summed E-state index contributed by atoms with van der Waals surface area (Å²) in [5.74, 6) is 5.70. The second-order valence-electron chi connectivity index (χ2n) is 5.93. The predicted octanol–water partition coefficient (Wildman–Crippen LogP) is 1.13. The van der Waals surface area contributed by atoms with Gasteiger partial charge in [0, 0.05) is 28.1 Å². The molecule has 1 aromatic carbocycles. The summed E-state index contributed by atoms with van der Waals surface area (Å²) in [5.41, 5.74) is 1.16. The maximum atomic E-state index is 4.35. The van der Waals surface area contributed by atoms with Gasteiger partial charge in [-0.3, -0.25) is 7.05 Å². The molecule has 2 N–H and O–H groups in total. The number of piperidine rings is 1. The summed E-state index contributed by atoms with van der Waals surface area (Å²) in [5, 5.41) is 12.2. The van der Waals surface area contributed by atoms with Gasteiger partial charge in [-0.1, -0.05) is 37.3 Å². The molecule has 1 aliphatic heterocycles. The van der Waals surface area contributed by atoms with Gasteiger partial charge in [0.15, 0.2) is 5.82 Å². The fourth-order valence-corrected chi connectivity index (χ4v) is 3.45. The second kappa shape index (κ2) is 9.37. The molecule has 8 heteroatoms. The number of benzene rings is 1. The molecule has 1 saturated heterocycles. The van der Waals surface area contributed by atoms with E-state index in [-0.39, 0.29) is 26.5 Å². The SMILES string of the molecule is CON.[CH2-]N1CCC(c2ccccc2)(c2nnnn2C)C(C)C1.[W]. The van der Waals surface area contributed by atoms with Crippen molar-refractivity contribution in [2.45, 2.75) is 18.8 Å². The van der Waals surface area contributed by atoms with Crippen molar-refractivity contribution in [1.29, 1.82) is 0 Å². The molecule has 2 atom stereocenters. The number of hydrogen-bond acceptors (Lipinski definition) is 6. The van der Waals surface area contributed by atoms with E-state index in [4.69, 9.17) is 0 Å². The maximum Gasteiger partial charge on any atom is 0.161 e. The monoisotopic (exact) mass is 501 g/mol. The Morgan fingerprint density at radius 3 is 2.46 bits per heavy atom. The fraction of sp³-hybridized carbons (Fsp3) is 0.500. The van der Waals surface area contributed by atoms with E-state index < -0.39 is 0 Å². The summed E-state index contributed by atoms with van der Waals surface area (Å²) in [6, 6.07) is 10.6. The van der Waals surface area contributed by atoms with E-state index >= 15 is 0 Å². The van der Waals surface area contributed by atoms with Crippen LogP contribution in [-0.4, -0.2) is 45.3 Å². The summed E-state index contributed by atoms with van der Waals surface area (Å²) < 4.78 is 1.81.